The van der Waals surface area contributed by atoms with Gasteiger partial charge in [0.05, 0.1) is 12.6 Å². The van der Waals surface area contributed by atoms with Crippen molar-refractivity contribution in [3.05, 3.63) is 60.9 Å². The lowest BCUT2D eigenvalue weighted by Gasteiger charge is -2.01. The molecule has 1 aromatic carbocycles. The van der Waals surface area contributed by atoms with Gasteiger partial charge in [-0.25, -0.2) is 0 Å². The highest BCUT2D eigenvalue weighted by molar-refractivity contribution is 5.82. The van der Waals surface area contributed by atoms with Gasteiger partial charge in [0.25, 0.3) is 0 Å². The quantitative estimate of drug-likeness (QED) is 0.612. The molecular weight excluding hydrogens is 196 g/mol. The lowest BCUT2D eigenvalue weighted by molar-refractivity contribution is 1.31. The Bertz CT molecular complexity index is 665. The lowest BCUT2D eigenvalue weighted by Crippen LogP contribution is -1.84. The fourth-order valence-electron chi connectivity index (χ4n) is 1.67. The SMILES string of the molecule is [2H]c1nc2ccccc2cc1-c1ccccn1. The minimum atomic E-state index is 0.266. The number of pyridine rings is 2. The summed E-state index contributed by atoms with van der Waals surface area (Å²) in [4.78, 5) is 8.54. The second-order valence-corrected chi connectivity index (χ2v) is 3.56. The number of fused-ring (bicyclic) bond motifs is 1. The average Bonchev–Trinajstić information content (AvgIpc) is 2.39. The predicted molar refractivity (Wildman–Crippen MR) is 65.0 cm³/mol. The van der Waals surface area contributed by atoms with Crippen LogP contribution in [-0.4, -0.2) is 9.97 Å². The monoisotopic (exact) mass is 207 g/mol. The van der Waals surface area contributed by atoms with Gasteiger partial charge in [-0.3, -0.25) is 9.97 Å². The number of aromatic nitrogens is 2. The van der Waals surface area contributed by atoms with Gasteiger partial charge in [0.2, 0.25) is 0 Å². The molecule has 0 spiro atoms. The van der Waals surface area contributed by atoms with Crippen molar-refractivity contribution < 1.29 is 1.37 Å². The Morgan fingerprint density at radius 3 is 2.69 bits per heavy atom. The number of benzene rings is 1. The van der Waals surface area contributed by atoms with Gasteiger partial charge in [-0.1, -0.05) is 24.3 Å². The van der Waals surface area contributed by atoms with Gasteiger partial charge in [0.1, 0.15) is 0 Å². The van der Waals surface area contributed by atoms with Gasteiger partial charge < -0.3 is 0 Å². The minimum absolute atomic E-state index is 0.266. The Kier molecular flexibility index (Phi) is 1.87. The molecule has 0 atom stereocenters. The van der Waals surface area contributed by atoms with Crippen molar-refractivity contribution in [3.63, 3.8) is 0 Å². The molecule has 0 amide bonds. The van der Waals surface area contributed by atoms with Crippen LogP contribution in [0.4, 0.5) is 0 Å². The molecule has 2 heteroatoms. The van der Waals surface area contributed by atoms with Crippen molar-refractivity contribution in [3.8, 4) is 11.3 Å². The van der Waals surface area contributed by atoms with Crippen molar-refractivity contribution in [2.75, 3.05) is 0 Å². The first-order chi connectivity index (χ1) is 8.34. The molecule has 0 unspecified atom stereocenters. The molecule has 0 aliphatic rings. The molecule has 76 valence electrons. The van der Waals surface area contributed by atoms with E-state index in [0.717, 1.165) is 22.2 Å². The minimum Gasteiger partial charge on any atom is -0.256 e. The lowest BCUT2D eigenvalue weighted by atomic mass is 10.1. The molecule has 2 aromatic heterocycles. The van der Waals surface area contributed by atoms with Crippen LogP contribution in [0.1, 0.15) is 1.37 Å². The number of hydrogen-bond donors (Lipinski definition) is 0. The fraction of sp³-hybridized carbons (Fsp3) is 0. The van der Waals surface area contributed by atoms with Gasteiger partial charge in [-0.15, -0.1) is 0 Å². The molecule has 0 N–H and O–H groups in total. The van der Waals surface area contributed by atoms with E-state index in [1.807, 2.05) is 48.5 Å². The van der Waals surface area contributed by atoms with Crippen LogP contribution in [-0.2, 0) is 0 Å². The summed E-state index contributed by atoms with van der Waals surface area (Å²) >= 11 is 0. The Balaban J connectivity index is 2.27. The van der Waals surface area contributed by atoms with Crippen LogP contribution in [0.3, 0.4) is 0 Å². The zero-order valence-electron chi connectivity index (χ0n) is 9.59. The summed E-state index contributed by atoms with van der Waals surface area (Å²) in [5.74, 6) is 0. The zero-order chi connectivity index (χ0) is 11.7. The molecule has 2 heterocycles. The van der Waals surface area contributed by atoms with E-state index in [0.29, 0.717) is 0 Å². The largest absolute Gasteiger partial charge is 0.256 e. The van der Waals surface area contributed by atoms with Crippen LogP contribution < -0.4 is 0 Å². The maximum atomic E-state index is 7.94. The van der Waals surface area contributed by atoms with Crippen LogP contribution in [0.15, 0.2) is 60.9 Å². The Labute approximate surface area is 95.0 Å². The van der Waals surface area contributed by atoms with E-state index in [2.05, 4.69) is 9.97 Å². The molecule has 3 rings (SSSR count). The smallest absolute Gasteiger partial charge is 0.0847 e. The van der Waals surface area contributed by atoms with E-state index in [9.17, 15) is 0 Å². The summed E-state index contributed by atoms with van der Waals surface area (Å²) in [6.45, 7) is 0. The number of hydrogen-bond acceptors (Lipinski definition) is 2. The Morgan fingerprint density at radius 1 is 0.938 bits per heavy atom. The van der Waals surface area contributed by atoms with Crippen LogP contribution >= 0.6 is 0 Å². The molecule has 0 radical (unpaired) electrons. The third-order valence-electron chi connectivity index (χ3n) is 2.47. The van der Waals surface area contributed by atoms with Gasteiger partial charge in [0, 0.05) is 23.3 Å². The summed E-state index contributed by atoms with van der Waals surface area (Å²) in [5, 5.41) is 1.03. The molecule has 3 aromatic rings. The van der Waals surface area contributed by atoms with Crippen molar-refractivity contribution in [1.82, 2.24) is 9.97 Å². The molecule has 0 aliphatic heterocycles. The highest BCUT2D eigenvalue weighted by atomic mass is 14.7. The van der Waals surface area contributed by atoms with E-state index in [-0.39, 0.29) is 6.17 Å². The predicted octanol–water partition coefficient (Wildman–Crippen LogP) is 3.30. The summed E-state index contributed by atoms with van der Waals surface area (Å²) < 4.78 is 7.94. The topological polar surface area (TPSA) is 25.8 Å². The first kappa shape index (κ1) is 7.99. The van der Waals surface area contributed by atoms with Crippen molar-refractivity contribution in [1.29, 1.82) is 0 Å². The van der Waals surface area contributed by atoms with Crippen molar-refractivity contribution in [2.45, 2.75) is 0 Å². The molecule has 0 fully saturated rings. The van der Waals surface area contributed by atoms with E-state index < -0.39 is 0 Å². The Morgan fingerprint density at radius 2 is 1.81 bits per heavy atom. The van der Waals surface area contributed by atoms with E-state index in [1.165, 1.54) is 0 Å². The van der Waals surface area contributed by atoms with Crippen molar-refractivity contribution in [2.24, 2.45) is 0 Å². The van der Waals surface area contributed by atoms with Gasteiger partial charge in [-0.05, 0) is 24.3 Å². The van der Waals surface area contributed by atoms with Gasteiger partial charge >= 0.3 is 0 Å². The van der Waals surface area contributed by atoms with Crippen LogP contribution in [0, 0.1) is 0 Å². The number of nitrogens with zero attached hydrogens (tertiary/aromatic N) is 2. The number of rotatable bonds is 1. The van der Waals surface area contributed by atoms with Gasteiger partial charge in [0.15, 0.2) is 0 Å². The zero-order valence-corrected chi connectivity index (χ0v) is 8.59. The first-order valence-electron chi connectivity index (χ1n) is 5.62. The maximum absolute atomic E-state index is 7.94. The third-order valence-corrected chi connectivity index (χ3v) is 2.47. The van der Waals surface area contributed by atoms with Crippen LogP contribution in [0.5, 0.6) is 0 Å². The molecular formula is C14H10N2. The highest BCUT2D eigenvalue weighted by Crippen LogP contribution is 2.20. The second kappa shape index (κ2) is 3.74. The number of para-hydroxylation sites is 1. The summed E-state index contributed by atoms with van der Waals surface area (Å²) in [6.07, 6.45) is 1.99. The maximum Gasteiger partial charge on any atom is 0.0847 e. The summed E-state index contributed by atoms with van der Waals surface area (Å²) in [7, 11) is 0. The summed E-state index contributed by atoms with van der Waals surface area (Å²) in [6, 6.07) is 15.4. The fourth-order valence-corrected chi connectivity index (χ4v) is 1.67. The van der Waals surface area contributed by atoms with E-state index in [4.69, 9.17) is 1.37 Å². The van der Waals surface area contributed by atoms with Crippen LogP contribution in [0.25, 0.3) is 22.2 Å². The molecule has 0 saturated heterocycles. The molecule has 0 bridgehead atoms. The molecule has 0 saturated carbocycles. The third kappa shape index (κ3) is 1.54. The standard InChI is InChI=1S/C14H10N2/c1-2-6-13-11(5-1)9-12(10-16-13)14-7-3-4-8-15-14/h1-10H/i10D. The average molecular weight is 207 g/mol. The first-order valence-corrected chi connectivity index (χ1v) is 5.12. The molecule has 16 heavy (non-hydrogen) atoms. The van der Waals surface area contributed by atoms with Crippen molar-refractivity contribution >= 4 is 10.9 Å². The van der Waals surface area contributed by atoms with Gasteiger partial charge in [-0.2, -0.15) is 0 Å². The van der Waals surface area contributed by atoms with E-state index >= 15 is 0 Å². The normalized spacial score (nSPS) is 11.4. The molecule has 2 nitrogen and oxygen atoms in total. The Hall–Kier alpha value is -2.22. The second-order valence-electron chi connectivity index (χ2n) is 3.56. The highest BCUT2D eigenvalue weighted by Gasteiger charge is 2.00. The van der Waals surface area contributed by atoms with Crippen LogP contribution in [0.2, 0.25) is 0 Å². The van der Waals surface area contributed by atoms with E-state index in [1.54, 1.807) is 6.20 Å². The molecule has 0 aliphatic carbocycles. The summed E-state index contributed by atoms with van der Waals surface area (Å²) in [5.41, 5.74) is 2.40.